The Balaban J connectivity index is 2.27. The van der Waals surface area contributed by atoms with E-state index in [1.54, 1.807) is 7.11 Å². The van der Waals surface area contributed by atoms with Crippen molar-refractivity contribution in [2.45, 2.75) is 33.2 Å². The lowest BCUT2D eigenvalue weighted by molar-refractivity contribution is 0.408. The minimum Gasteiger partial charge on any atom is -0.496 e. The summed E-state index contributed by atoms with van der Waals surface area (Å²) in [7, 11) is 3.66. The molecule has 0 saturated carbocycles. The Bertz CT molecular complexity index is 589. The molecule has 0 aliphatic carbocycles. The maximum absolute atomic E-state index is 5.46. The van der Waals surface area contributed by atoms with Crippen molar-refractivity contribution >= 4 is 5.69 Å². The minimum absolute atomic E-state index is 0.166. The van der Waals surface area contributed by atoms with Gasteiger partial charge in [0.15, 0.2) is 0 Å². The van der Waals surface area contributed by atoms with Crippen LogP contribution in [0.5, 0.6) is 5.75 Å². The van der Waals surface area contributed by atoms with Crippen LogP contribution in [-0.2, 0) is 13.5 Å². The third kappa shape index (κ3) is 2.95. The zero-order valence-electron chi connectivity index (χ0n) is 12.9. The van der Waals surface area contributed by atoms with E-state index in [1.807, 2.05) is 24.0 Å². The van der Waals surface area contributed by atoms with Gasteiger partial charge in [-0.2, -0.15) is 5.10 Å². The van der Waals surface area contributed by atoms with Crippen molar-refractivity contribution < 1.29 is 4.74 Å². The molecule has 1 aromatic heterocycles. The SMILES string of the molecule is CCc1nn(C)cc1NC(C)c1cc(C)ccc1OC. The number of nitrogens with one attached hydrogen (secondary N) is 1. The summed E-state index contributed by atoms with van der Waals surface area (Å²) < 4.78 is 7.31. The van der Waals surface area contributed by atoms with E-state index >= 15 is 0 Å². The highest BCUT2D eigenvalue weighted by Gasteiger charge is 2.14. The highest BCUT2D eigenvalue weighted by Crippen LogP contribution is 2.29. The molecule has 1 unspecified atom stereocenters. The summed E-state index contributed by atoms with van der Waals surface area (Å²) in [5.41, 5.74) is 4.58. The molecule has 108 valence electrons. The van der Waals surface area contributed by atoms with Gasteiger partial charge in [-0.3, -0.25) is 4.68 Å². The predicted molar refractivity (Wildman–Crippen MR) is 82.4 cm³/mol. The summed E-state index contributed by atoms with van der Waals surface area (Å²) >= 11 is 0. The molecule has 4 heteroatoms. The van der Waals surface area contributed by atoms with Crippen LogP contribution in [0.4, 0.5) is 5.69 Å². The average Bonchev–Trinajstić information content (AvgIpc) is 2.78. The summed E-state index contributed by atoms with van der Waals surface area (Å²) in [5.74, 6) is 0.914. The molecule has 20 heavy (non-hydrogen) atoms. The van der Waals surface area contributed by atoms with Crippen molar-refractivity contribution in [2.24, 2.45) is 7.05 Å². The summed E-state index contributed by atoms with van der Waals surface area (Å²) in [6, 6.07) is 6.42. The van der Waals surface area contributed by atoms with Crippen molar-refractivity contribution in [1.29, 1.82) is 0 Å². The standard InChI is InChI=1S/C16H23N3O/c1-6-14-15(10-19(4)18-14)17-12(3)13-9-11(2)7-8-16(13)20-5/h7-10,12,17H,6H2,1-5H3. The Hall–Kier alpha value is -1.97. The fraction of sp³-hybridized carbons (Fsp3) is 0.438. The molecular weight excluding hydrogens is 250 g/mol. The Morgan fingerprint density at radius 3 is 2.80 bits per heavy atom. The molecule has 0 bridgehead atoms. The fourth-order valence-corrected chi connectivity index (χ4v) is 2.42. The summed E-state index contributed by atoms with van der Waals surface area (Å²) in [6.45, 7) is 6.35. The molecule has 2 rings (SSSR count). The van der Waals surface area contributed by atoms with E-state index in [0.29, 0.717) is 0 Å². The second-order valence-electron chi connectivity index (χ2n) is 5.13. The molecule has 0 fully saturated rings. The number of aryl methyl sites for hydroxylation is 3. The first kappa shape index (κ1) is 14.4. The first-order valence-corrected chi connectivity index (χ1v) is 6.98. The van der Waals surface area contributed by atoms with Crippen LogP contribution in [0.15, 0.2) is 24.4 Å². The first-order valence-electron chi connectivity index (χ1n) is 6.98. The van der Waals surface area contributed by atoms with Crippen LogP contribution in [0.1, 0.15) is 36.7 Å². The highest BCUT2D eigenvalue weighted by molar-refractivity contribution is 5.50. The van der Waals surface area contributed by atoms with Crippen molar-refractivity contribution in [3.8, 4) is 5.75 Å². The molecule has 0 radical (unpaired) electrons. The molecule has 0 aliphatic heterocycles. The predicted octanol–water partition coefficient (Wildman–Crippen LogP) is 3.47. The normalized spacial score (nSPS) is 12.2. The number of methoxy groups -OCH3 is 1. The summed E-state index contributed by atoms with van der Waals surface area (Å²) in [6.07, 6.45) is 2.94. The second kappa shape index (κ2) is 5.99. The van der Waals surface area contributed by atoms with Gasteiger partial charge in [0.25, 0.3) is 0 Å². The van der Waals surface area contributed by atoms with Crippen molar-refractivity contribution in [1.82, 2.24) is 9.78 Å². The van der Waals surface area contributed by atoms with Gasteiger partial charge in [0.1, 0.15) is 5.75 Å². The summed E-state index contributed by atoms with van der Waals surface area (Å²) in [5, 5.41) is 8.00. The van der Waals surface area contributed by atoms with Crippen LogP contribution in [0.25, 0.3) is 0 Å². The average molecular weight is 273 g/mol. The number of hydrogen-bond donors (Lipinski definition) is 1. The van der Waals surface area contributed by atoms with Gasteiger partial charge in [-0.25, -0.2) is 0 Å². The van der Waals surface area contributed by atoms with Crippen LogP contribution in [0.2, 0.25) is 0 Å². The smallest absolute Gasteiger partial charge is 0.124 e. The molecule has 1 N–H and O–H groups in total. The topological polar surface area (TPSA) is 39.1 Å². The maximum Gasteiger partial charge on any atom is 0.124 e. The fourth-order valence-electron chi connectivity index (χ4n) is 2.42. The van der Waals surface area contributed by atoms with Gasteiger partial charge in [-0.1, -0.05) is 24.6 Å². The van der Waals surface area contributed by atoms with E-state index in [-0.39, 0.29) is 6.04 Å². The van der Waals surface area contributed by atoms with Crippen LogP contribution < -0.4 is 10.1 Å². The molecule has 1 atom stereocenters. The molecular formula is C16H23N3O. The lowest BCUT2D eigenvalue weighted by Gasteiger charge is -2.18. The van der Waals surface area contributed by atoms with E-state index in [4.69, 9.17) is 4.74 Å². The Morgan fingerprint density at radius 2 is 2.15 bits per heavy atom. The zero-order chi connectivity index (χ0) is 14.7. The van der Waals surface area contributed by atoms with E-state index in [1.165, 1.54) is 11.1 Å². The molecule has 0 spiro atoms. The lowest BCUT2D eigenvalue weighted by atomic mass is 10.0. The quantitative estimate of drug-likeness (QED) is 0.906. The Morgan fingerprint density at radius 1 is 1.40 bits per heavy atom. The van der Waals surface area contributed by atoms with E-state index in [9.17, 15) is 0 Å². The van der Waals surface area contributed by atoms with Crippen LogP contribution >= 0.6 is 0 Å². The van der Waals surface area contributed by atoms with Crippen LogP contribution in [0, 0.1) is 6.92 Å². The van der Waals surface area contributed by atoms with Crippen molar-refractivity contribution in [3.05, 3.63) is 41.2 Å². The molecule has 1 heterocycles. The molecule has 2 aromatic rings. The molecule has 0 saturated heterocycles. The van der Waals surface area contributed by atoms with Gasteiger partial charge in [0, 0.05) is 18.8 Å². The number of rotatable bonds is 5. The van der Waals surface area contributed by atoms with Crippen molar-refractivity contribution in [2.75, 3.05) is 12.4 Å². The van der Waals surface area contributed by atoms with Gasteiger partial charge in [0.05, 0.1) is 24.5 Å². The monoisotopic (exact) mass is 273 g/mol. The third-order valence-electron chi connectivity index (χ3n) is 3.46. The molecule has 1 aromatic carbocycles. The second-order valence-corrected chi connectivity index (χ2v) is 5.13. The third-order valence-corrected chi connectivity index (χ3v) is 3.46. The molecule has 4 nitrogen and oxygen atoms in total. The molecule has 0 aliphatic rings. The number of ether oxygens (including phenoxy) is 1. The van der Waals surface area contributed by atoms with E-state index < -0.39 is 0 Å². The summed E-state index contributed by atoms with van der Waals surface area (Å²) in [4.78, 5) is 0. The first-order chi connectivity index (χ1) is 9.55. The van der Waals surface area contributed by atoms with Gasteiger partial charge < -0.3 is 10.1 Å². The number of anilines is 1. The van der Waals surface area contributed by atoms with Crippen molar-refractivity contribution in [3.63, 3.8) is 0 Å². The van der Waals surface area contributed by atoms with Crippen LogP contribution in [-0.4, -0.2) is 16.9 Å². The number of benzene rings is 1. The highest BCUT2D eigenvalue weighted by atomic mass is 16.5. The Labute approximate surface area is 120 Å². The van der Waals surface area contributed by atoms with Crippen LogP contribution in [0.3, 0.4) is 0 Å². The van der Waals surface area contributed by atoms with Gasteiger partial charge in [0.2, 0.25) is 0 Å². The maximum atomic E-state index is 5.46. The molecule has 0 amide bonds. The minimum atomic E-state index is 0.166. The largest absolute Gasteiger partial charge is 0.496 e. The number of hydrogen-bond acceptors (Lipinski definition) is 3. The lowest BCUT2D eigenvalue weighted by Crippen LogP contribution is -2.09. The Kier molecular flexibility index (Phi) is 4.32. The van der Waals surface area contributed by atoms with Gasteiger partial charge in [-0.15, -0.1) is 0 Å². The van der Waals surface area contributed by atoms with E-state index in [2.05, 4.69) is 43.3 Å². The number of aromatic nitrogens is 2. The zero-order valence-corrected chi connectivity index (χ0v) is 12.9. The number of nitrogens with zero attached hydrogens (tertiary/aromatic N) is 2. The van der Waals surface area contributed by atoms with E-state index in [0.717, 1.165) is 23.6 Å². The van der Waals surface area contributed by atoms with Gasteiger partial charge >= 0.3 is 0 Å². The van der Waals surface area contributed by atoms with Gasteiger partial charge in [-0.05, 0) is 26.3 Å².